The summed E-state index contributed by atoms with van der Waals surface area (Å²) in [6.45, 7) is 0. The fourth-order valence-electron chi connectivity index (χ4n) is 3.68. The molecule has 0 bridgehead atoms. The highest BCUT2D eigenvalue weighted by Crippen LogP contribution is 2.35. The second-order valence-corrected chi connectivity index (χ2v) is 6.59. The Hall–Kier alpha value is -3.79. The Morgan fingerprint density at radius 1 is 0.893 bits per heavy atom. The lowest BCUT2D eigenvalue weighted by Gasteiger charge is -2.09. The molecule has 3 aromatic carbocycles. The first-order valence-electron chi connectivity index (χ1n) is 9.03. The molecule has 0 N–H and O–H groups in total. The van der Waals surface area contributed by atoms with E-state index in [-0.39, 0.29) is 5.63 Å². The minimum absolute atomic E-state index is 0.339. The number of fused-ring (bicyclic) bond motifs is 3. The van der Waals surface area contributed by atoms with Gasteiger partial charge in [-0.05, 0) is 29.8 Å². The van der Waals surface area contributed by atoms with Gasteiger partial charge in [0.1, 0.15) is 11.3 Å². The molecule has 0 saturated heterocycles. The first-order valence-corrected chi connectivity index (χ1v) is 9.03. The van der Waals surface area contributed by atoms with E-state index in [2.05, 4.69) is 0 Å². The van der Waals surface area contributed by atoms with E-state index in [0.29, 0.717) is 11.0 Å². The smallest absolute Gasteiger partial charge is 0.346 e. The quantitative estimate of drug-likeness (QED) is 0.400. The largest absolute Gasteiger partial charge is 0.497 e. The van der Waals surface area contributed by atoms with E-state index in [4.69, 9.17) is 9.15 Å². The standard InChI is InChI=1S/C24H17NO3/c1-27-18-11-7-10-17(14-18)25-15-20(16-8-3-2-4-9-16)22-23(25)19-12-5-6-13-21(19)28-24(22)26/h2-15H,1H3. The van der Waals surface area contributed by atoms with Gasteiger partial charge in [0, 0.05) is 28.9 Å². The molecule has 0 saturated carbocycles. The molecule has 0 amide bonds. The van der Waals surface area contributed by atoms with Crippen LogP contribution in [-0.2, 0) is 0 Å². The Bertz CT molecular complexity index is 1360. The molecular formula is C24H17NO3. The molecule has 0 spiro atoms. The first-order chi connectivity index (χ1) is 13.8. The molecule has 0 aliphatic carbocycles. The topological polar surface area (TPSA) is 44.4 Å². The van der Waals surface area contributed by atoms with Gasteiger partial charge in [0.05, 0.1) is 18.0 Å². The Balaban J connectivity index is 1.96. The lowest BCUT2D eigenvalue weighted by molar-refractivity contribution is 0.414. The minimum atomic E-state index is -0.339. The number of rotatable bonds is 3. The van der Waals surface area contributed by atoms with Crippen molar-refractivity contribution in [2.45, 2.75) is 0 Å². The molecule has 4 nitrogen and oxygen atoms in total. The van der Waals surface area contributed by atoms with Gasteiger partial charge >= 0.3 is 5.63 Å². The van der Waals surface area contributed by atoms with Crippen LogP contribution in [-0.4, -0.2) is 11.7 Å². The summed E-state index contributed by atoms with van der Waals surface area (Å²) in [4.78, 5) is 12.9. The molecule has 136 valence electrons. The molecule has 0 aliphatic rings. The van der Waals surface area contributed by atoms with Gasteiger partial charge in [-0.25, -0.2) is 4.79 Å². The van der Waals surface area contributed by atoms with Crippen LogP contribution in [0.3, 0.4) is 0 Å². The minimum Gasteiger partial charge on any atom is -0.497 e. The Morgan fingerprint density at radius 2 is 1.68 bits per heavy atom. The zero-order valence-corrected chi connectivity index (χ0v) is 15.3. The number of para-hydroxylation sites is 1. The maximum atomic E-state index is 12.9. The number of ether oxygens (including phenoxy) is 1. The molecule has 0 radical (unpaired) electrons. The average Bonchev–Trinajstić information content (AvgIpc) is 3.16. The number of nitrogens with zero attached hydrogens (tertiary/aromatic N) is 1. The SMILES string of the molecule is COc1cccc(-n2cc(-c3ccccc3)c3c(=O)oc4ccccc4c32)c1. The van der Waals surface area contributed by atoms with Crippen LogP contribution in [0.5, 0.6) is 5.75 Å². The summed E-state index contributed by atoms with van der Waals surface area (Å²) in [5, 5.41) is 1.47. The molecule has 0 atom stereocenters. The second kappa shape index (κ2) is 6.43. The van der Waals surface area contributed by atoms with Crippen molar-refractivity contribution in [2.24, 2.45) is 0 Å². The highest BCUT2D eigenvalue weighted by molar-refractivity contribution is 6.09. The fourth-order valence-corrected chi connectivity index (χ4v) is 3.68. The zero-order valence-electron chi connectivity index (χ0n) is 15.3. The van der Waals surface area contributed by atoms with Gasteiger partial charge in [-0.3, -0.25) is 0 Å². The monoisotopic (exact) mass is 367 g/mol. The van der Waals surface area contributed by atoms with E-state index in [9.17, 15) is 4.79 Å². The highest BCUT2D eigenvalue weighted by Gasteiger charge is 2.19. The van der Waals surface area contributed by atoms with Crippen LogP contribution >= 0.6 is 0 Å². The molecule has 5 aromatic rings. The predicted molar refractivity (Wildman–Crippen MR) is 111 cm³/mol. The Morgan fingerprint density at radius 3 is 2.50 bits per heavy atom. The molecule has 0 fully saturated rings. The van der Waals surface area contributed by atoms with Crippen molar-refractivity contribution in [2.75, 3.05) is 7.11 Å². The van der Waals surface area contributed by atoms with Gasteiger partial charge in [-0.15, -0.1) is 0 Å². The van der Waals surface area contributed by atoms with Gasteiger partial charge in [0.15, 0.2) is 0 Å². The summed E-state index contributed by atoms with van der Waals surface area (Å²) >= 11 is 0. The summed E-state index contributed by atoms with van der Waals surface area (Å²) < 4.78 is 13.1. The fraction of sp³-hybridized carbons (Fsp3) is 0.0417. The zero-order chi connectivity index (χ0) is 19.1. The number of hydrogen-bond acceptors (Lipinski definition) is 3. The molecule has 0 aliphatic heterocycles. The van der Waals surface area contributed by atoms with Crippen molar-refractivity contribution in [3.05, 3.63) is 95.5 Å². The van der Waals surface area contributed by atoms with E-state index in [1.165, 1.54) is 0 Å². The van der Waals surface area contributed by atoms with Crippen molar-refractivity contribution in [1.82, 2.24) is 4.57 Å². The number of aromatic nitrogens is 1. The first kappa shape index (κ1) is 16.4. The Labute approximate surface area is 161 Å². The van der Waals surface area contributed by atoms with E-state index in [1.807, 2.05) is 89.6 Å². The maximum Gasteiger partial charge on any atom is 0.346 e. The summed E-state index contributed by atoms with van der Waals surface area (Å²) in [5.41, 5.74) is 3.80. The third-order valence-corrected chi connectivity index (χ3v) is 4.97. The van der Waals surface area contributed by atoms with Crippen molar-refractivity contribution in [1.29, 1.82) is 0 Å². The van der Waals surface area contributed by atoms with Crippen LogP contribution in [0.15, 0.2) is 94.3 Å². The molecule has 5 rings (SSSR count). The van der Waals surface area contributed by atoms with E-state index in [0.717, 1.165) is 33.5 Å². The lowest BCUT2D eigenvalue weighted by atomic mass is 10.1. The Kier molecular flexibility index (Phi) is 3.76. The van der Waals surface area contributed by atoms with Gasteiger partial charge in [-0.2, -0.15) is 0 Å². The van der Waals surface area contributed by atoms with Gasteiger partial charge in [0.25, 0.3) is 0 Å². The average molecular weight is 367 g/mol. The van der Waals surface area contributed by atoms with Gasteiger partial charge in [0.2, 0.25) is 0 Å². The van der Waals surface area contributed by atoms with E-state index < -0.39 is 0 Å². The predicted octanol–water partition coefficient (Wildman–Crippen LogP) is 5.41. The van der Waals surface area contributed by atoms with Gasteiger partial charge < -0.3 is 13.7 Å². The van der Waals surface area contributed by atoms with E-state index in [1.54, 1.807) is 7.11 Å². The summed E-state index contributed by atoms with van der Waals surface area (Å²) in [6, 6.07) is 25.3. The molecular weight excluding hydrogens is 350 g/mol. The van der Waals surface area contributed by atoms with Crippen molar-refractivity contribution >= 4 is 21.9 Å². The van der Waals surface area contributed by atoms with E-state index >= 15 is 0 Å². The third kappa shape index (κ3) is 2.50. The van der Waals surface area contributed by atoms with Crippen LogP contribution in [0.1, 0.15) is 0 Å². The molecule has 28 heavy (non-hydrogen) atoms. The lowest BCUT2D eigenvalue weighted by Crippen LogP contribution is -2.01. The molecule has 2 heterocycles. The van der Waals surface area contributed by atoms with Crippen molar-refractivity contribution in [3.8, 4) is 22.6 Å². The number of methoxy groups -OCH3 is 1. The molecule has 0 unspecified atom stereocenters. The van der Waals surface area contributed by atoms with Crippen LogP contribution in [0.25, 0.3) is 38.7 Å². The van der Waals surface area contributed by atoms with Crippen LogP contribution in [0.2, 0.25) is 0 Å². The van der Waals surface area contributed by atoms with Crippen LogP contribution < -0.4 is 10.4 Å². The third-order valence-electron chi connectivity index (χ3n) is 4.97. The van der Waals surface area contributed by atoms with Crippen LogP contribution in [0, 0.1) is 0 Å². The maximum absolute atomic E-state index is 12.9. The van der Waals surface area contributed by atoms with Gasteiger partial charge in [-0.1, -0.05) is 48.5 Å². The highest BCUT2D eigenvalue weighted by atomic mass is 16.5. The van der Waals surface area contributed by atoms with Crippen molar-refractivity contribution in [3.63, 3.8) is 0 Å². The number of benzene rings is 3. The summed E-state index contributed by atoms with van der Waals surface area (Å²) in [6.07, 6.45) is 2.00. The summed E-state index contributed by atoms with van der Waals surface area (Å²) in [5.74, 6) is 0.757. The second-order valence-electron chi connectivity index (χ2n) is 6.59. The summed E-state index contributed by atoms with van der Waals surface area (Å²) in [7, 11) is 1.65. The molecule has 2 aromatic heterocycles. The van der Waals surface area contributed by atoms with Crippen molar-refractivity contribution < 1.29 is 9.15 Å². The number of hydrogen-bond donors (Lipinski definition) is 0. The molecule has 4 heteroatoms. The van der Waals surface area contributed by atoms with Crippen LogP contribution in [0.4, 0.5) is 0 Å². The normalized spacial score (nSPS) is 11.2.